The van der Waals surface area contributed by atoms with E-state index in [1.165, 1.54) is 0 Å². The first-order valence-corrected chi connectivity index (χ1v) is 9.47. The Morgan fingerprint density at radius 1 is 1.37 bits per heavy atom. The number of carbonyl (C=O) groups excluding carboxylic acids is 1. The minimum Gasteiger partial charge on any atom is -0.423 e. The molecule has 142 valence electrons. The van der Waals surface area contributed by atoms with Gasteiger partial charge in [-0.2, -0.15) is 10.1 Å². The Bertz CT molecular complexity index is 958. The summed E-state index contributed by atoms with van der Waals surface area (Å²) in [6.45, 7) is 3.45. The van der Waals surface area contributed by atoms with E-state index in [-0.39, 0.29) is 17.9 Å². The largest absolute Gasteiger partial charge is 0.423 e. The van der Waals surface area contributed by atoms with E-state index in [9.17, 15) is 4.79 Å². The summed E-state index contributed by atoms with van der Waals surface area (Å²) in [6, 6.07) is 5.97. The number of hydrogen-bond donors (Lipinski definition) is 1. The van der Waals surface area contributed by atoms with Crippen LogP contribution in [0.4, 0.5) is 6.01 Å². The number of oxazole rings is 1. The van der Waals surface area contributed by atoms with Gasteiger partial charge in [-0.15, -0.1) is 0 Å². The summed E-state index contributed by atoms with van der Waals surface area (Å²) in [4.78, 5) is 19.2. The van der Waals surface area contributed by atoms with Gasteiger partial charge in [0.05, 0.1) is 12.2 Å². The fourth-order valence-corrected chi connectivity index (χ4v) is 3.59. The molecule has 27 heavy (non-hydrogen) atoms. The number of aryl methyl sites for hydroxylation is 1. The third kappa shape index (κ3) is 3.78. The molecule has 2 aromatic heterocycles. The van der Waals surface area contributed by atoms with Crippen molar-refractivity contribution in [1.82, 2.24) is 20.1 Å². The summed E-state index contributed by atoms with van der Waals surface area (Å²) in [6.07, 6.45) is 5.25. The molecule has 4 rings (SSSR count). The van der Waals surface area contributed by atoms with Gasteiger partial charge >= 0.3 is 0 Å². The quantitative estimate of drug-likeness (QED) is 0.743. The van der Waals surface area contributed by atoms with Crippen LogP contribution < -0.4 is 10.2 Å². The third-order valence-corrected chi connectivity index (χ3v) is 5.29. The highest BCUT2D eigenvalue weighted by molar-refractivity contribution is 6.31. The van der Waals surface area contributed by atoms with Crippen LogP contribution in [0.1, 0.15) is 31.4 Å². The van der Waals surface area contributed by atoms with Crippen LogP contribution in [-0.2, 0) is 11.8 Å². The monoisotopic (exact) mass is 387 g/mol. The Kier molecular flexibility index (Phi) is 4.78. The molecule has 7 nitrogen and oxygen atoms in total. The molecule has 1 aliphatic heterocycles. The summed E-state index contributed by atoms with van der Waals surface area (Å²) < 4.78 is 7.57. The summed E-state index contributed by atoms with van der Waals surface area (Å²) >= 11 is 6.00. The molecular formula is C19H22ClN5O2. The van der Waals surface area contributed by atoms with Gasteiger partial charge in [0.15, 0.2) is 5.58 Å². The van der Waals surface area contributed by atoms with Gasteiger partial charge in [0.2, 0.25) is 5.91 Å². The minimum atomic E-state index is -0.0500. The topological polar surface area (TPSA) is 76.2 Å². The Morgan fingerprint density at radius 2 is 2.15 bits per heavy atom. The second-order valence-electron chi connectivity index (χ2n) is 7.05. The summed E-state index contributed by atoms with van der Waals surface area (Å²) in [5.74, 6) is 0.0922. The van der Waals surface area contributed by atoms with Crippen LogP contribution >= 0.6 is 11.6 Å². The van der Waals surface area contributed by atoms with Gasteiger partial charge in [0.1, 0.15) is 5.52 Å². The number of anilines is 1. The van der Waals surface area contributed by atoms with E-state index in [0.29, 0.717) is 16.6 Å². The predicted octanol–water partition coefficient (Wildman–Crippen LogP) is 3.31. The molecule has 1 saturated heterocycles. The maximum Gasteiger partial charge on any atom is 0.298 e. The Labute approximate surface area is 162 Å². The first-order valence-electron chi connectivity index (χ1n) is 9.09. The van der Waals surface area contributed by atoms with Crippen LogP contribution in [0, 0.1) is 5.92 Å². The van der Waals surface area contributed by atoms with Crippen LogP contribution in [0.2, 0.25) is 5.02 Å². The van der Waals surface area contributed by atoms with E-state index in [1.54, 1.807) is 23.0 Å². The zero-order valence-electron chi connectivity index (χ0n) is 15.4. The van der Waals surface area contributed by atoms with Gasteiger partial charge in [-0.1, -0.05) is 11.6 Å². The van der Waals surface area contributed by atoms with Crippen molar-refractivity contribution in [2.45, 2.75) is 25.8 Å². The number of carbonyl (C=O) groups is 1. The number of benzene rings is 1. The SMILES string of the molecule is CC(NC(=O)C1CCN(c2nc3ccc(Cl)cc3o2)CC1)c1cnn(C)c1. The van der Waals surface area contributed by atoms with Gasteiger partial charge in [-0.25, -0.2) is 0 Å². The average molecular weight is 388 g/mol. The fraction of sp³-hybridized carbons (Fsp3) is 0.421. The number of aromatic nitrogens is 3. The van der Waals surface area contributed by atoms with E-state index >= 15 is 0 Å². The Hall–Kier alpha value is -2.54. The first kappa shape index (κ1) is 17.9. The highest BCUT2D eigenvalue weighted by Gasteiger charge is 2.28. The molecule has 3 heterocycles. The minimum absolute atomic E-state index is 0.000746. The van der Waals surface area contributed by atoms with Crippen molar-refractivity contribution >= 4 is 34.6 Å². The molecule has 1 atom stereocenters. The molecule has 1 N–H and O–H groups in total. The van der Waals surface area contributed by atoms with Crippen molar-refractivity contribution in [2.75, 3.05) is 18.0 Å². The molecule has 1 amide bonds. The number of nitrogens with zero attached hydrogens (tertiary/aromatic N) is 4. The first-order chi connectivity index (χ1) is 13.0. The molecule has 1 unspecified atom stereocenters. The fourth-order valence-electron chi connectivity index (χ4n) is 3.43. The van der Waals surface area contributed by atoms with Crippen LogP contribution in [0.25, 0.3) is 11.1 Å². The maximum absolute atomic E-state index is 12.6. The number of piperidine rings is 1. The molecule has 1 aromatic carbocycles. The zero-order chi connectivity index (χ0) is 19.0. The number of rotatable bonds is 4. The van der Waals surface area contributed by atoms with Crippen molar-refractivity contribution < 1.29 is 9.21 Å². The van der Waals surface area contributed by atoms with Crippen molar-refractivity contribution in [3.8, 4) is 0 Å². The second kappa shape index (κ2) is 7.23. The smallest absolute Gasteiger partial charge is 0.298 e. The lowest BCUT2D eigenvalue weighted by atomic mass is 9.95. The van der Waals surface area contributed by atoms with Crippen LogP contribution in [0.5, 0.6) is 0 Å². The molecule has 0 bridgehead atoms. The standard InChI is InChI=1S/C19H22ClN5O2/c1-12(14-10-21-24(2)11-14)22-18(26)13-5-7-25(8-6-13)19-23-16-4-3-15(20)9-17(16)27-19/h3-4,9-13H,5-8H2,1-2H3,(H,22,26). The van der Waals surface area contributed by atoms with E-state index in [1.807, 2.05) is 26.2 Å². The van der Waals surface area contributed by atoms with Gasteiger partial charge in [0, 0.05) is 48.9 Å². The van der Waals surface area contributed by atoms with Crippen molar-refractivity contribution in [3.05, 3.63) is 41.2 Å². The highest BCUT2D eigenvalue weighted by atomic mass is 35.5. The van der Waals surface area contributed by atoms with E-state index in [0.717, 1.165) is 37.0 Å². The summed E-state index contributed by atoms with van der Waals surface area (Å²) in [7, 11) is 1.87. The van der Waals surface area contributed by atoms with E-state index in [2.05, 4.69) is 20.3 Å². The lowest BCUT2D eigenvalue weighted by Gasteiger charge is -2.30. The molecule has 0 spiro atoms. The number of nitrogens with one attached hydrogen (secondary N) is 1. The van der Waals surface area contributed by atoms with Crippen LogP contribution in [0.15, 0.2) is 35.0 Å². The summed E-state index contributed by atoms with van der Waals surface area (Å²) in [5, 5.41) is 7.88. The molecule has 8 heteroatoms. The van der Waals surface area contributed by atoms with E-state index in [4.69, 9.17) is 16.0 Å². The molecule has 0 saturated carbocycles. The lowest BCUT2D eigenvalue weighted by Crippen LogP contribution is -2.41. The van der Waals surface area contributed by atoms with Gasteiger partial charge in [-0.3, -0.25) is 9.48 Å². The van der Waals surface area contributed by atoms with E-state index < -0.39 is 0 Å². The average Bonchev–Trinajstić information content (AvgIpc) is 3.27. The number of hydrogen-bond acceptors (Lipinski definition) is 5. The summed E-state index contributed by atoms with van der Waals surface area (Å²) in [5.41, 5.74) is 2.48. The van der Waals surface area contributed by atoms with Crippen molar-refractivity contribution in [1.29, 1.82) is 0 Å². The predicted molar refractivity (Wildman–Crippen MR) is 104 cm³/mol. The zero-order valence-corrected chi connectivity index (χ0v) is 16.1. The van der Waals surface area contributed by atoms with Crippen molar-refractivity contribution in [2.24, 2.45) is 13.0 Å². The van der Waals surface area contributed by atoms with Crippen LogP contribution in [-0.4, -0.2) is 33.8 Å². The third-order valence-electron chi connectivity index (χ3n) is 5.06. The Balaban J connectivity index is 1.35. The highest BCUT2D eigenvalue weighted by Crippen LogP contribution is 2.28. The molecule has 1 aliphatic rings. The number of halogens is 1. The van der Waals surface area contributed by atoms with Gasteiger partial charge < -0.3 is 14.6 Å². The lowest BCUT2D eigenvalue weighted by molar-refractivity contribution is -0.126. The van der Waals surface area contributed by atoms with Crippen LogP contribution in [0.3, 0.4) is 0 Å². The molecule has 1 fully saturated rings. The van der Waals surface area contributed by atoms with Gasteiger partial charge in [-0.05, 0) is 31.9 Å². The second-order valence-corrected chi connectivity index (χ2v) is 7.48. The normalized spacial score (nSPS) is 16.6. The number of fused-ring (bicyclic) bond motifs is 1. The maximum atomic E-state index is 12.6. The molecule has 0 radical (unpaired) electrons. The Morgan fingerprint density at radius 3 is 2.85 bits per heavy atom. The molecular weight excluding hydrogens is 366 g/mol. The van der Waals surface area contributed by atoms with Gasteiger partial charge in [0.25, 0.3) is 6.01 Å². The molecule has 0 aliphatic carbocycles. The number of amides is 1. The molecule has 3 aromatic rings. The van der Waals surface area contributed by atoms with Crippen molar-refractivity contribution in [3.63, 3.8) is 0 Å².